The van der Waals surface area contributed by atoms with Crippen molar-refractivity contribution >= 4 is 17.2 Å². The number of hydrogen-bond donors (Lipinski definition) is 2. The quantitative estimate of drug-likeness (QED) is 0.608. The Morgan fingerprint density at radius 2 is 2.42 bits per heavy atom. The molecular formula is C14H17NO3S. The lowest BCUT2D eigenvalue weighted by Crippen LogP contribution is -2.27. The summed E-state index contributed by atoms with van der Waals surface area (Å²) in [5, 5.41) is 13.3. The second-order valence-corrected chi connectivity index (χ2v) is 5.31. The van der Waals surface area contributed by atoms with Gasteiger partial charge in [-0.1, -0.05) is 11.8 Å². The average Bonchev–Trinajstić information content (AvgIpc) is 3.12. The Bertz CT molecular complexity index is 482. The van der Waals surface area contributed by atoms with Crippen molar-refractivity contribution in [3.8, 4) is 11.8 Å². The molecule has 1 heterocycles. The molecule has 1 saturated carbocycles. The first-order valence-corrected chi connectivity index (χ1v) is 7.22. The number of rotatable bonds is 6. The molecule has 1 aromatic rings. The van der Waals surface area contributed by atoms with Gasteiger partial charge in [0, 0.05) is 18.7 Å². The topological polar surface area (TPSA) is 58.6 Å². The Hall–Kier alpha value is -1.35. The highest BCUT2D eigenvalue weighted by Gasteiger charge is 2.20. The minimum Gasteiger partial charge on any atom is -0.384 e. The van der Waals surface area contributed by atoms with Crippen LogP contribution in [-0.4, -0.2) is 37.4 Å². The Labute approximate surface area is 116 Å². The van der Waals surface area contributed by atoms with Gasteiger partial charge in [-0.15, -0.1) is 11.3 Å². The van der Waals surface area contributed by atoms with E-state index in [2.05, 4.69) is 17.2 Å². The molecule has 0 spiro atoms. The summed E-state index contributed by atoms with van der Waals surface area (Å²) in [4.78, 5) is 12.5. The molecule has 0 unspecified atom stereocenters. The van der Waals surface area contributed by atoms with Crippen molar-refractivity contribution < 1.29 is 14.6 Å². The van der Waals surface area contributed by atoms with Gasteiger partial charge in [-0.25, -0.2) is 0 Å². The molecule has 4 nitrogen and oxygen atoms in total. The van der Waals surface area contributed by atoms with E-state index in [1.165, 1.54) is 24.2 Å². The van der Waals surface area contributed by atoms with Crippen molar-refractivity contribution in [1.29, 1.82) is 0 Å². The Balaban J connectivity index is 1.73. The maximum Gasteiger partial charge on any atom is 0.262 e. The fourth-order valence-electron chi connectivity index (χ4n) is 1.57. The van der Waals surface area contributed by atoms with E-state index in [4.69, 9.17) is 9.84 Å². The van der Waals surface area contributed by atoms with Crippen molar-refractivity contribution in [2.75, 3.05) is 26.4 Å². The molecule has 0 aromatic carbocycles. The minimum absolute atomic E-state index is 0.132. The number of carbonyl (C=O) groups is 1. The lowest BCUT2D eigenvalue weighted by atomic mass is 10.2. The average molecular weight is 279 g/mol. The first-order chi connectivity index (χ1) is 9.31. The van der Waals surface area contributed by atoms with E-state index in [1.807, 2.05) is 5.38 Å². The van der Waals surface area contributed by atoms with Crippen LogP contribution in [0.3, 0.4) is 0 Å². The number of aliphatic hydroxyl groups is 1. The van der Waals surface area contributed by atoms with Gasteiger partial charge >= 0.3 is 0 Å². The molecule has 1 aromatic heterocycles. The lowest BCUT2D eigenvalue weighted by Gasteiger charge is -2.05. The largest absolute Gasteiger partial charge is 0.384 e. The Morgan fingerprint density at radius 3 is 3.16 bits per heavy atom. The normalized spacial score (nSPS) is 13.7. The van der Waals surface area contributed by atoms with Crippen LogP contribution in [0.1, 0.15) is 28.1 Å². The van der Waals surface area contributed by atoms with E-state index in [0.29, 0.717) is 23.6 Å². The van der Waals surface area contributed by atoms with Gasteiger partial charge in [0.05, 0.1) is 6.61 Å². The predicted molar refractivity (Wildman–Crippen MR) is 74.2 cm³/mol. The summed E-state index contributed by atoms with van der Waals surface area (Å²) in [7, 11) is 0. The van der Waals surface area contributed by atoms with Gasteiger partial charge < -0.3 is 15.2 Å². The number of nitrogens with one attached hydrogen (secondary N) is 1. The Morgan fingerprint density at radius 1 is 1.58 bits per heavy atom. The first kappa shape index (κ1) is 14.1. The molecule has 0 aliphatic heterocycles. The van der Waals surface area contributed by atoms with Crippen molar-refractivity contribution in [3.63, 3.8) is 0 Å². The lowest BCUT2D eigenvalue weighted by molar-refractivity contribution is 0.0910. The second kappa shape index (κ2) is 7.29. The summed E-state index contributed by atoms with van der Waals surface area (Å²) in [6, 6.07) is 1.78. The Kier molecular flexibility index (Phi) is 5.40. The highest BCUT2D eigenvalue weighted by Crippen LogP contribution is 2.28. The molecule has 2 rings (SSSR count). The smallest absolute Gasteiger partial charge is 0.262 e. The van der Waals surface area contributed by atoms with Crippen molar-refractivity contribution in [3.05, 3.63) is 21.9 Å². The van der Waals surface area contributed by atoms with E-state index < -0.39 is 0 Å². The molecule has 0 radical (unpaired) electrons. The van der Waals surface area contributed by atoms with Crippen molar-refractivity contribution in [2.24, 2.45) is 5.92 Å². The molecule has 0 atom stereocenters. The SMILES string of the molecule is O=C(NCCOCC1CC1)c1sccc1C#CCO. The monoisotopic (exact) mass is 279 g/mol. The maximum atomic E-state index is 11.9. The molecule has 1 aliphatic carbocycles. The van der Waals surface area contributed by atoms with Crippen LogP contribution in [0, 0.1) is 17.8 Å². The fourth-order valence-corrected chi connectivity index (χ4v) is 2.34. The zero-order valence-corrected chi connectivity index (χ0v) is 11.5. The van der Waals surface area contributed by atoms with Crippen LogP contribution in [0.5, 0.6) is 0 Å². The molecule has 102 valence electrons. The highest BCUT2D eigenvalue weighted by molar-refractivity contribution is 7.12. The fraction of sp³-hybridized carbons (Fsp3) is 0.500. The summed E-state index contributed by atoms with van der Waals surface area (Å²) in [6.07, 6.45) is 2.54. The number of amides is 1. The number of thiophene rings is 1. The molecule has 0 bridgehead atoms. The van der Waals surface area contributed by atoms with Crippen LogP contribution >= 0.6 is 11.3 Å². The van der Waals surface area contributed by atoms with Crippen LogP contribution in [0.2, 0.25) is 0 Å². The predicted octanol–water partition coefficient (Wildman–Crippen LogP) is 1.25. The molecule has 2 N–H and O–H groups in total. The van der Waals surface area contributed by atoms with Gasteiger partial charge in [0.25, 0.3) is 5.91 Å². The molecule has 1 aliphatic rings. The molecular weight excluding hydrogens is 262 g/mol. The van der Waals surface area contributed by atoms with Crippen LogP contribution in [0.15, 0.2) is 11.4 Å². The summed E-state index contributed by atoms with van der Waals surface area (Å²) in [6.45, 7) is 1.66. The molecule has 0 saturated heterocycles. The second-order valence-electron chi connectivity index (χ2n) is 4.40. The third kappa shape index (κ3) is 4.67. The zero-order valence-electron chi connectivity index (χ0n) is 10.6. The summed E-state index contributed by atoms with van der Waals surface area (Å²) in [5.41, 5.74) is 0.662. The van der Waals surface area contributed by atoms with Crippen LogP contribution < -0.4 is 5.32 Å². The molecule has 1 amide bonds. The van der Waals surface area contributed by atoms with E-state index in [-0.39, 0.29) is 12.5 Å². The zero-order chi connectivity index (χ0) is 13.5. The van der Waals surface area contributed by atoms with Gasteiger partial charge in [0.15, 0.2) is 0 Å². The van der Waals surface area contributed by atoms with Gasteiger partial charge in [0.2, 0.25) is 0 Å². The van der Waals surface area contributed by atoms with Gasteiger partial charge in [-0.05, 0) is 30.2 Å². The molecule has 19 heavy (non-hydrogen) atoms. The van der Waals surface area contributed by atoms with E-state index >= 15 is 0 Å². The standard InChI is InChI=1S/C14H17NO3S/c16-7-1-2-12-5-9-19-13(12)14(17)15-6-8-18-10-11-3-4-11/h5,9,11,16H,3-4,6-8,10H2,(H,15,17). The van der Waals surface area contributed by atoms with Crippen LogP contribution in [0.25, 0.3) is 0 Å². The highest BCUT2D eigenvalue weighted by atomic mass is 32.1. The number of aliphatic hydroxyl groups excluding tert-OH is 1. The summed E-state index contributed by atoms with van der Waals surface area (Å²) >= 11 is 1.35. The van der Waals surface area contributed by atoms with E-state index in [9.17, 15) is 4.79 Å². The summed E-state index contributed by atoms with van der Waals surface area (Å²) in [5.74, 6) is 5.93. The number of ether oxygens (including phenoxy) is 1. The van der Waals surface area contributed by atoms with Crippen molar-refractivity contribution in [1.82, 2.24) is 5.32 Å². The van der Waals surface area contributed by atoms with E-state index in [1.54, 1.807) is 6.07 Å². The number of carbonyl (C=O) groups excluding carboxylic acids is 1. The van der Waals surface area contributed by atoms with Gasteiger partial charge in [-0.3, -0.25) is 4.79 Å². The third-order valence-electron chi connectivity index (χ3n) is 2.76. The minimum atomic E-state index is -0.202. The molecule has 1 fully saturated rings. The van der Waals surface area contributed by atoms with Crippen LogP contribution in [0.4, 0.5) is 0 Å². The summed E-state index contributed by atoms with van der Waals surface area (Å²) < 4.78 is 5.45. The van der Waals surface area contributed by atoms with Gasteiger partial charge in [-0.2, -0.15) is 0 Å². The van der Waals surface area contributed by atoms with Crippen molar-refractivity contribution in [2.45, 2.75) is 12.8 Å². The van der Waals surface area contributed by atoms with Crippen LogP contribution in [-0.2, 0) is 4.74 Å². The first-order valence-electron chi connectivity index (χ1n) is 6.34. The van der Waals surface area contributed by atoms with Gasteiger partial charge in [0.1, 0.15) is 11.5 Å². The van der Waals surface area contributed by atoms with E-state index in [0.717, 1.165) is 12.5 Å². The molecule has 5 heteroatoms. The third-order valence-corrected chi connectivity index (χ3v) is 3.67. The number of hydrogen-bond acceptors (Lipinski definition) is 4. The maximum absolute atomic E-state index is 11.9.